The summed E-state index contributed by atoms with van der Waals surface area (Å²) >= 11 is 0. The zero-order valence-electron chi connectivity index (χ0n) is 14.2. The Morgan fingerprint density at radius 2 is 1.86 bits per heavy atom. The van der Waals surface area contributed by atoms with E-state index >= 15 is 0 Å². The van der Waals surface area contributed by atoms with Crippen molar-refractivity contribution in [2.75, 3.05) is 32.7 Å². The summed E-state index contributed by atoms with van der Waals surface area (Å²) in [6.45, 7) is 12.9. The van der Waals surface area contributed by atoms with Gasteiger partial charge in [-0.15, -0.1) is 0 Å². The van der Waals surface area contributed by atoms with Gasteiger partial charge >= 0.3 is 0 Å². The highest BCUT2D eigenvalue weighted by Crippen LogP contribution is 2.29. The lowest BCUT2D eigenvalue weighted by atomic mass is 9.98. The molecule has 4 heteroatoms. The fourth-order valence-corrected chi connectivity index (χ4v) is 2.84. The van der Waals surface area contributed by atoms with Gasteiger partial charge in [0.05, 0.1) is 11.7 Å². The Morgan fingerprint density at radius 3 is 2.50 bits per heavy atom. The summed E-state index contributed by atoms with van der Waals surface area (Å²) in [5, 5.41) is 3.33. The van der Waals surface area contributed by atoms with E-state index in [-0.39, 0.29) is 11.9 Å². The molecule has 1 fully saturated rings. The number of piperazine rings is 1. The maximum absolute atomic E-state index is 12.7. The number of rotatable bonds is 6. The van der Waals surface area contributed by atoms with Crippen molar-refractivity contribution < 1.29 is 9.53 Å². The van der Waals surface area contributed by atoms with Gasteiger partial charge in [-0.2, -0.15) is 0 Å². The van der Waals surface area contributed by atoms with Crippen LogP contribution in [0.25, 0.3) is 0 Å². The maximum atomic E-state index is 12.7. The molecule has 1 aliphatic heterocycles. The molecule has 0 radical (unpaired) electrons. The summed E-state index contributed by atoms with van der Waals surface area (Å²) in [6.07, 6.45) is 0.624. The van der Waals surface area contributed by atoms with Crippen LogP contribution in [-0.4, -0.2) is 49.5 Å². The Hall–Kier alpha value is -1.39. The van der Waals surface area contributed by atoms with E-state index < -0.39 is 0 Å². The third-order valence-electron chi connectivity index (χ3n) is 4.06. The van der Waals surface area contributed by atoms with Crippen molar-refractivity contribution in [3.63, 3.8) is 0 Å². The van der Waals surface area contributed by atoms with Crippen LogP contribution < -0.4 is 10.1 Å². The molecule has 22 heavy (non-hydrogen) atoms. The highest BCUT2D eigenvalue weighted by atomic mass is 16.5. The molecule has 0 bridgehead atoms. The molecule has 4 nitrogen and oxygen atoms in total. The fourth-order valence-electron chi connectivity index (χ4n) is 2.84. The van der Waals surface area contributed by atoms with Crippen molar-refractivity contribution in [1.82, 2.24) is 10.2 Å². The molecule has 0 amide bonds. The average molecular weight is 304 g/mol. The van der Waals surface area contributed by atoms with Crippen LogP contribution in [0, 0.1) is 13.8 Å². The second-order valence-corrected chi connectivity index (χ2v) is 6.33. The molecule has 0 atom stereocenters. The normalized spacial score (nSPS) is 16.0. The number of ether oxygens (including phenoxy) is 1. The predicted molar refractivity (Wildman–Crippen MR) is 89.9 cm³/mol. The molecule has 1 aliphatic rings. The number of nitrogens with zero attached hydrogens (tertiary/aromatic N) is 1. The molecule has 1 N–H and O–H groups in total. The summed E-state index contributed by atoms with van der Waals surface area (Å²) in [5.74, 6) is 0.954. The van der Waals surface area contributed by atoms with Gasteiger partial charge in [-0.05, 0) is 38.8 Å². The third kappa shape index (κ3) is 4.31. The fraction of sp³-hybridized carbons (Fsp3) is 0.611. The first kappa shape index (κ1) is 17.0. The van der Waals surface area contributed by atoms with Crippen LogP contribution in [0.5, 0.6) is 5.75 Å². The SMILES string of the molecule is Cc1ccc(C)c(C(=O)CCN2CCNCC2)c1OC(C)C. The minimum atomic E-state index is 0.0696. The highest BCUT2D eigenvalue weighted by molar-refractivity contribution is 6.00. The second-order valence-electron chi connectivity index (χ2n) is 6.33. The van der Waals surface area contributed by atoms with Gasteiger partial charge in [0.25, 0.3) is 0 Å². The lowest BCUT2D eigenvalue weighted by Crippen LogP contribution is -2.44. The van der Waals surface area contributed by atoms with Gasteiger partial charge in [0.2, 0.25) is 0 Å². The molecular weight excluding hydrogens is 276 g/mol. The third-order valence-corrected chi connectivity index (χ3v) is 4.06. The highest BCUT2D eigenvalue weighted by Gasteiger charge is 2.20. The summed E-state index contributed by atoms with van der Waals surface area (Å²) in [4.78, 5) is 15.1. The molecule has 0 aliphatic carbocycles. The molecule has 1 saturated heterocycles. The van der Waals surface area contributed by atoms with Crippen molar-refractivity contribution in [3.05, 3.63) is 28.8 Å². The van der Waals surface area contributed by atoms with Gasteiger partial charge in [0.1, 0.15) is 5.75 Å². The van der Waals surface area contributed by atoms with Gasteiger partial charge < -0.3 is 15.0 Å². The van der Waals surface area contributed by atoms with Crippen LogP contribution in [0.15, 0.2) is 12.1 Å². The number of nitrogens with one attached hydrogen (secondary N) is 1. The van der Waals surface area contributed by atoms with Gasteiger partial charge in [-0.25, -0.2) is 0 Å². The Kier molecular flexibility index (Phi) is 5.98. The lowest BCUT2D eigenvalue weighted by Gasteiger charge is -2.27. The van der Waals surface area contributed by atoms with Gasteiger partial charge in [0, 0.05) is 39.1 Å². The van der Waals surface area contributed by atoms with Gasteiger partial charge in [-0.3, -0.25) is 4.79 Å². The number of Topliss-reactive ketones (excluding diaryl/α,β-unsaturated/α-hetero) is 1. The molecule has 0 unspecified atom stereocenters. The first-order valence-electron chi connectivity index (χ1n) is 8.22. The molecule has 0 spiro atoms. The number of carbonyl (C=O) groups excluding carboxylic acids is 1. The standard InChI is InChI=1S/C18H28N2O2/c1-13(2)22-18-15(4)6-5-14(3)17(18)16(21)7-10-20-11-8-19-9-12-20/h5-6,13,19H,7-12H2,1-4H3. The largest absolute Gasteiger partial charge is 0.490 e. The summed E-state index contributed by atoms with van der Waals surface area (Å²) < 4.78 is 5.93. The second kappa shape index (κ2) is 7.75. The first-order valence-corrected chi connectivity index (χ1v) is 8.22. The molecule has 122 valence electrons. The first-order chi connectivity index (χ1) is 10.5. The van der Waals surface area contributed by atoms with E-state index in [2.05, 4.69) is 10.2 Å². The van der Waals surface area contributed by atoms with Crippen molar-refractivity contribution in [2.24, 2.45) is 0 Å². The molecule has 2 rings (SSSR count). The van der Waals surface area contributed by atoms with E-state index in [0.717, 1.165) is 55.2 Å². The average Bonchev–Trinajstić information content (AvgIpc) is 2.49. The summed E-state index contributed by atoms with van der Waals surface area (Å²) in [5.41, 5.74) is 2.81. The Labute approximate surface area is 133 Å². The number of hydrogen-bond acceptors (Lipinski definition) is 4. The maximum Gasteiger partial charge on any atom is 0.168 e. The number of hydrogen-bond donors (Lipinski definition) is 1. The van der Waals surface area contributed by atoms with E-state index in [9.17, 15) is 4.79 Å². The van der Waals surface area contributed by atoms with E-state index in [1.165, 1.54) is 0 Å². The zero-order chi connectivity index (χ0) is 16.1. The lowest BCUT2D eigenvalue weighted by molar-refractivity contribution is 0.0954. The van der Waals surface area contributed by atoms with E-state index in [0.29, 0.717) is 6.42 Å². The minimum absolute atomic E-state index is 0.0696. The number of carbonyl (C=O) groups is 1. The van der Waals surface area contributed by atoms with E-state index in [4.69, 9.17) is 4.74 Å². The van der Waals surface area contributed by atoms with Crippen molar-refractivity contribution >= 4 is 5.78 Å². The summed E-state index contributed by atoms with van der Waals surface area (Å²) in [7, 11) is 0. The van der Waals surface area contributed by atoms with Crippen molar-refractivity contribution in [3.8, 4) is 5.75 Å². The molecular formula is C18H28N2O2. The Bertz CT molecular complexity index is 520. The van der Waals surface area contributed by atoms with Gasteiger partial charge in [-0.1, -0.05) is 12.1 Å². The molecule has 1 aromatic rings. The quantitative estimate of drug-likeness (QED) is 0.820. The van der Waals surface area contributed by atoms with Crippen LogP contribution >= 0.6 is 0 Å². The smallest absolute Gasteiger partial charge is 0.168 e. The van der Waals surface area contributed by atoms with Crippen molar-refractivity contribution in [2.45, 2.75) is 40.2 Å². The van der Waals surface area contributed by atoms with Crippen LogP contribution in [0.2, 0.25) is 0 Å². The van der Waals surface area contributed by atoms with E-state index in [1.807, 2.05) is 39.8 Å². The Morgan fingerprint density at radius 1 is 1.23 bits per heavy atom. The van der Waals surface area contributed by atoms with Crippen molar-refractivity contribution in [1.29, 1.82) is 0 Å². The predicted octanol–water partition coefficient (Wildman–Crippen LogP) is 2.57. The summed E-state index contributed by atoms with van der Waals surface area (Å²) in [6, 6.07) is 4.04. The topological polar surface area (TPSA) is 41.6 Å². The molecule has 0 aromatic heterocycles. The van der Waals surface area contributed by atoms with Gasteiger partial charge in [0.15, 0.2) is 5.78 Å². The number of ketones is 1. The zero-order valence-corrected chi connectivity index (χ0v) is 14.2. The monoisotopic (exact) mass is 304 g/mol. The van der Waals surface area contributed by atoms with Crippen LogP contribution in [0.4, 0.5) is 0 Å². The minimum Gasteiger partial charge on any atom is -0.490 e. The van der Waals surface area contributed by atoms with Crippen LogP contribution in [0.3, 0.4) is 0 Å². The Balaban J connectivity index is 2.11. The molecule has 0 saturated carbocycles. The molecule has 1 aromatic carbocycles. The number of benzene rings is 1. The van der Waals surface area contributed by atoms with Crippen LogP contribution in [-0.2, 0) is 0 Å². The molecule has 1 heterocycles. The van der Waals surface area contributed by atoms with Crippen LogP contribution in [0.1, 0.15) is 41.8 Å². The number of aryl methyl sites for hydroxylation is 2. The van der Waals surface area contributed by atoms with E-state index in [1.54, 1.807) is 0 Å².